The summed E-state index contributed by atoms with van der Waals surface area (Å²) in [6.07, 6.45) is 3.12. The molecule has 1 atom stereocenters. The lowest BCUT2D eigenvalue weighted by atomic mass is 10.2. The number of rotatable bonds is 6. The van der Waals surface area contributed by atoms with E-state index in [2.05, 4.69) is 0 Å². The molecule has 1 aromatic rings. The number of sulfonamides is 1. The van der Waals surface area contributed by atoms with E-state index in [9.17, 15) is 13.2 Å². The Hall–Kier alpha value is -0.670. The molecule has 1 fully saturated rings. The molecule has 1 unspecified atom stereocenters. The first-order valence-corrected chi connectivity index (χ1v) is 10.2. The van der Waals surface area contributed by atoms with Crippen LogP contribution in [0.3, 0.4) is 0 Å². The normalized spacial score (nSPS) is 17.1. The molecule has 2 rings (SSSR count). The van der Waals surface area contributed by atoms with E-state index >= 15 is 0 Å². The van der Waals surface area contributed by atoms with Crippen LogP contribution in [0.25, 0.3) is 0 Å². The zero-order chi connectivity index (χ0) is 17.0. The van der Waals surface area contributed by atoms with Crippen LogP contribution in [0, 0.1) is 0 Å². The maximum atomic E-state index is 12.6. The highest BCUT2D eigenvalue weighted by molar-refractivity contribution is 7.91. The smallest absolute Gasteiger partial charge is 0.252 e. The first-order chi connectivity index (χ1) is 10.9. The number of hydrogen-bond donors (Lipinski definition) is 1. The fourth-order valence-corrected chi connectivity index (χ4v) is 5.52. The van der Waals surface area contributed by atoms with Gasteiger partial charge in [-0.2, -0.15) is 4.31 Å². The van der Waals surface area contributed by atoms with E-state index < -0.39 is 10.0 Å². The van der Waals surface area contributed by atoms with Crippen molar-refractivity contribution in [2.75, 3.05) is 26.7 Å². The molecule has 0 aliphatic carbocycles. The highest BCUT2D eigenvalue weighted by Gasteiger charge is 2.27. The Bertz CT molecular complexity index is 642. The molecule has 1 amide bonds. The van der Waals surface area contributed by atoms with Gasteiger partial charge in [0.2, 0.25) is 5.91 Å². The minimum absolute atomic E-state index is 0. The molecule has 2 N–H and O–H groups in total. The average molecular weight is 396 g/mol. The van der Waals surface area contributed by atoms with Crippen LogP contribution in [-0.4, -0.2) is 56.3 Å². The van der Waals surface area contributed by atoms with Crippen molar-refractivity contribution >= 4 is 39.7 Å². The van der Waals surface area contributed by atoms with Gasteiger partial charge in [-0.3, -0.25) is 4.79 Å². The van der Waals surface area contributed by atoms with Crippen LogP contribution in [0.1, 0.15) is 31.1 Å². The van der Waals surface area contributed by atoms with Crippen LogP contribution in [0.5, 0.6) is 0 Å². The van der Waals surface area contributed by atoms with Crippen LogP contribution in [-0.2, 0) is 21.2 Å². The number of halogens is 1. The summed E-state index contributed by atoms with van der Waals surface area (Å²) in [5.74, 6) is -0.0493. The number of nitrogens with two attached hydrogens (primary N) is 1. The number of hydrogen-bond acceptors (Lipinski definition) is 5. The van der Waals surface area contributed by atoms with Crippen LogP contribution >= 0.6 is 23.7 Å². The Morgan fingerprint density at radius 2 is 1.96 bits per heavy atom. The lowest BCUT2D eigenvalue weighted by molar-refractivity contribution is -0.130. The molecular weight excluding hydrogens is 370 g/mol. The summed E-state index contributed by atoms with van der Waals surface area (Å²) in [6.45, 7) is 3.47. The molecule has 0 spiro atoms. The Labute approximate surface area is 154 Å². The average Bonchev–Trinajstić information content (AvgIpc) is 3.03. The Morgan fingerprint density at radius 3 is 2.54 bits per heavy atom. The zero-order valence-electron chi connectivity index (χ0n) is 14.1. The van der Waals surface area contributed by atoms with Crippen LogP contribution in [0.2, 0.25) is 0 Å². The van der Waals surface area contributed by atoms with Crippen LogP contribution < -0.4 is 5.73 Å². The number of amides is 1. The molecule has 1 aliphatic heterocycles. The third kappa shape index (κ3) is 4.92. The quantitative estimate of drug-likeness (QED) is 0.794. The van der Waals surface area contributed by atoms with Crippen LogP contribution in [0.4, 0.5) is 0 Å². The second-order valence-corrected chi connectivity index (χ2v) is 9.28. The number of piperidine rings is 1. The minimum Gasteiger partial charge on any atom is -0.341 e. The molecule has 0 radical (unpaired) electrons. The Balaban J connectivity index is 0.00000288. The van der Waals surface area contributed by atoms with Crippen molar-refractivity contribution in [3.8, 4) is 0 Å². The van der Waals surface area contributed by atoms with E-state index in [1.807, 2.05) is 6.92 Å². The van der Waals surface area contributed by atoms with E-state index in [0.717, 1.165) is 24.1 Å². The van der Waals surface area contributed by atoms with Crippen molar-refractivity contribution in [1.82, 2.24) is 9.21 Å². The van der Waals surface area contributed by atoms with Gasteiger partial charge in [0, 0.05) is 37.6 Å². The molecule has 1 aromatic heterocycles. The van der Waals surface area contributed by atoms with Crippen LogP contribution in [0.15, 0.2) is 16.3 Å². The largest absolute Gasteiger partial charge is 0.341 e. The molecule has 0 aromatic carbocycles. The zero-order valence-corrected chi connectivity index (χ0v) is 16.6. The van der Waals surface area contributed by atoms with Gasteiger partial charge in [0.1, 0.15) is 4.21 Å². The van der Waals surface area contributed by atoms with Crippen molar-refractivity contribution in [2.24, 2.45) is 5.73 Å². The molecule has 0 saturated carbocycles. The van der Waals surface area contributed by atoms with E-state index in [1.165, 1.54) is 11.3 Å². The van der Waals surface area contributed by atoms with Gasteiger partial charge in [-0.25, -0.2) is 8.42 Å². The lowest BCUT2D eigenvalue weighted by Gasteiger charge is -2.25. The fraction of sp³-hybridized carbons (Fsp3) is 0.667. The fourth-order valence-electron chi connectivity index (χ4n) is 2.50. The van der Waals surface area contributed by atoms with Crippen molar-refractivity contribution in [2.45, 2.75) is 42.9 Å². The van der Waals surface area contributed by atoms with Gasteiger partial charge >= 0.3 is 0 Å². The van der Waals surface area contributed by atoms with Crippen molar-refractivity contribution in [3.63, 3.8) is 0 Å². The molecule has 2 heterocycles. The number of nitrogens with zero attached hydrogens (tertiary/aromatic N) is 2. The van der Waals surface area contributed by atoms with Gasteiger partial charge in [0.05, 0.1) is 6.42 Å². The van der Waals surface area contributed by atoms with E-state index in [0.29, 0.717) is 23.8 Å². The van der Waals surface area contributed by atoms with Crippen molar-refractivity contribution in [1.29, 1.82) is 0 Å². The Kier molecular flexibility index (Phi) is 8.14. The molecule has 1 saturated heterocycles. The third-order valence-corrected chi connectivity index (χ3v) is 7.72. The molecular formula is C15H26ClN3O3S2. The summed E-state index contributed by atoms with van der Waals surface area (Å²) in [6, 6.07) is 3.32. The van der Waals surface area contributed by atoms with Gasteiger partial charge in [0.25, 0.3) is 10.0 Å². The van der Waals surface area contributed by atoms with E-state index in [1.54, 1.807) is 28.4 Å². The Morgan fingerprint density at radius 1 is 1.33 bits per heavy atom. The molecule has 24 heavy (non-hydrogen) atoms. The first kappa shape index (κ1) is 21.4. The second kappa shape index (κ2) is 9.15. The summed E-state index contributed by atoms with van der Waals surface area (Å²) < 4.78 is 27.1. The summed E-state index contributed by atoms with van der Waals surface area (Å²) in [5.41, 5.74) is 5.57. The first-order valence-electron chi connectivity index (χ1n) is 7.91. The predicted molar refractivity (Wildman–Crippen MR) is 99.2 cm³/mol. The number of carbonyl (C=O) groups is 1. The maximum Gasteiger partial charge on any atom is 0.252 e. The summed E-state index contributed by atoms with van der Waals surface area (Å²) in [4.78, 5) is 14.6. The van der Waals surface area contributed by atoms with E-state index in [4.69, 9.17) is 5.73 Å². The van der Waals surface area contributed by atoms with Gasteiger partial charge in [-0.05, 0) is 31.9 Å². The van der Waals surface area contributed by atoms with Crippen molar-refractivity contribution < 1.29 is 13.2 Å². The van der Waals surface area contributed by atoms with Gasteiger partial charge in [-0.15, -0.1) is 23.7 Å². The third-order valence-electron chi connectivity index (χ3n) is 4.27. The molecule has 1 aliphatic rings. The molecule has 138 valence electrons. The van der Waals surface area contributed by atoms with Gasteiger partial charge < -0.3 is 10.6 Å². The lowest BCUT2D eigenvalue weighted by Crippen LogP contribution is -2.40. The summed E-state index contributed by atoms with van der Waals surface area (Å²) >= 11 is 1.19. The molecule has 9 heteroatoms. The predicted octanol–water partition coefficient (Wildman–Crippen LogP) is 1.69. The number of likely N-dealkylation sites (N-methyl/N-ethyl adjacent to an activating group) is 1. The van der Waals surface area contributed by atoms with Gasteiger partial charge in [0.15, 0.2) is 0 Å². The standard InChI is InChI=1S/C15H25N3O3S2.ClH/c1-12(11-16)17(2)14(19)10-13-6-7-15(22-13)23(20,21)18-8-4-3-5-9-18;/h6-7,12H,3-5,8-11,16H2,1-2H3;1H. The molecule has 6 nitrogen and oxygen atoms in total. The topological polar surface area (TPSA) is 83.7 Å². The second-order valence-electron chi connectivity index (χ2n) is 5.95. The monoisotopic (exact) mass is 395 g/mol. The van der Waals surface area contributed by atoms with Crippen molar-refractivity contribution in [3.05, 3.63) is 17.0 Å². The van der Waals surface area contributed by atoms with Gasteiger partial charge in [-0.1, -0.05) is 6.42 Å². The number of thiophene rings is 1. The summed E-state index contributed by atoms with van der Waals surface area (Å²) in [7, 11) is -1.69. The highest BCUT2D eigenvalue weighted by Crippen LogP contribution is 2.27. The number of carbonyl (C=O) groups excluding carboxylic acids is 1. The molecule has 0 bridgehead atoms. The summed E-state index contributed by atoms with van der Waals surface area (Å²) in [5, 5.41) is 0. The minimum atomic E-state index is -3.41. The van der Waals surface area contributed by atoms with E-state index in [-0.39, 0.29) is 30.8 Å². The maximum absolute atomic E-state index is 12.6. The highest BCUT2D eigenvalue weighted by atomic mass is 35.5. The SMILES string of the molecule is CC(CN)N(C)C(=O)Cc1ccc(S(=O)(=O)N2CCCCC2)s1.Cl.